The Morgan fingerprint density at radius 1 is 1.30 bits per heavy atom. The highest BCUT2D eigenvalue weighted by molar-refractivity contribution is 7.13. The lowest BCUT2D eigenvalue weighted by Crippen LogP contribution is -2.40. The Morgan fingerprint density at radius 2 is 1.96 bits per heavy atom. The van der Waals surface area contributed by atoms with E-state index in [4.69, 9.17) is 0 Å². The van der Waals surface area contributed by atoms with E-state index >= 15 is 0 Å². The fourth-order valence-electron chi connectivity index (χ4n) is 2.52. The molecule has 11 heteroatoms. The van der Waals surface area contributed by atoms with Crippen LogP contribution >= 0.6 is 23.7 Å². The number of carbonyl (C=O) groups is 1. The standard InChI is InChI=1S/C16H14F5N3OS.ClH/c17-15(18)5-12(23-8-15)13(25)22-6-11-7-26-14(24-11)9-1-3-10(4-2-9)16(19,20)21;/h1-4,7,12,23H,5-6,8H2,(H,22,25);1H. The van der Waals surface area contributed by atoms with Crippen LogP contribution in [0.25, 0.3) is 10.6 Å². The predicted molar refractivity (Wildman–Crippen MR) is 93.0 cm³/mol. The van der Waals surface area contributed by atoms with Gasteiger partial charge in [-0.2, -0.15) is 13.2 Å². The third kappa shape index (κ3) is 5.36. The van der Waals surface area contributed by atoms with E-state index in [1.54, 1.807) is 5.38 Å². The van der Waals surface area contributed by atoms with Gasteiger partial charge in [0.25, 0.3) is 5.92 Å². The SMILES string of the molecule is Cl.O=C(NCc1csc(-c2ccc(C(F)(F)F)cc2)n1)C1CC(F)(F)CN1. The van der Waals surface area contributed by atoms with E-state index < -0.39 is 42.6 Å². The molecule has 0 radical (unpaired) electrons. The second kappa shape index (κ2) is 8.07. The summed E-state index contributed by atoms with van der Waals surface area (Å²) in [6.07, 6.45) is -4.95. The number of nitrogens with zero attached hydrogens (tertiary/aromatic N) is 1. The summed E-state index contributed by atoms with van der Waals surface area (Å²) in [5, 5.41) is 7.16. The molecule has 148 valence electrons. The van der Waals surface area contributed by atoms with Crippen LogP contribution in [0.2, 0.25) is 0 Å². The van der Waals surface area contributed by atoms with Crippen LogP contribution in [0.15, 0.2) is 29.6 Å². The summed E-state index contributed by atoms with van der Waals surface area (Å²) >= 11 is 1.22. The number of nitrogens with one attached hydrogen (secondary N) is 2. The lowest BCUT2D eigenvalue weighted by Gasteiger charge is -2.10. The highest BCUT2D eigenvalue weighted by Gasteiger charge is 2.42. The average Bonchev–Trinajstić information content (AvgIpc) is 3.18. The second-order valence-electron chi connectivity index (χ2n) is 5.93. The number of aromatic nitrogens is 1. The molecule has 2 heterocycles. The molecule has 2 N–H and O–H groups in total. The maximum Gasteiger partial charge on any atom is 0.416 e. The van der Waals surface area contributed by atoms with Crippen molar-refractivity contribution in [3.63, 3.8) is 0 Å². The van der Waals surface area contributed by atoms with Crippen LogP contribution < -0.4 is 10.6 Å². The first-order valence-electron chi connectivity index (χ1n) is 7.65. The molecule has 1 aliphatic rings. The summed E-state index contributed by atoms with van der Waals surface area (Å²) in [7, 11) is 0. The van der Waals surface area contributed by atoms with Crippen molar-refractivity contribution < 1.29 is 26.7 Å². The lowest BCUT2D eigenvalue weighted by atomic mass is 10.1. The van der Waals surface area contributed by atoms with Gasteiger partial charge in [0.2, 0.25) is 5.91 Å². The number of rotatable bonds is 4. The molecule has 27 heavy (non-hydrogen) atoms. The fraction of sp³-hybridized carbons (Fsp3) is 0.375. The molecule has 3 rings (SSSR count). The van der Waals surface area contributed by atoms with E-state index in [0.717, 1.165) is 12.1 Å². The molecule has 1 saturated heterocycles. The van der Waals surface area contributed by atoms with Crippen LogP contribution in [-0.2, 0) is 17.5 Å². The van der Waals surface area contributed by atoms with E-state index in [2.05, 4.69) is 15.6 Å². The molecule has 1 amide bonds. The van der Waals surface area contributed by atoms with Gasteiger partial charge in [-0.25, -0.2) is 13.8 Å². The van der Waals surface area contributed by atoms with E-state index in [9.17, 15) is 26.7 Å². The third-order valence-electron chi connectivity index (χ3n) is 3.88. The second-order valence-corrected chi connectivity index (χ2v) is 6.79. The normalized spacial score (nSPS) is 18.8. The Hall–Kier alpha value is -1.78. The van der Waals surface area contributed by atoms with E-state index in [1.165, 1.54) is 23.5 Å². The number of hydrogen-bond donors (Lipinski definition) is 2. The van der Waals surface area contributed by atoms with Gasteiger partial charge in [0.1, 0.15) is 5.01 Å². The Kier molecular flexibility index (Phi) is 6.43. The summed E-state index contributed by atoms with van der Waals surface area (Å²) in [6, 6.07) is 3.66. The van der Waals surface area contributed by atoms with Crippen molar-refractivity contribution in [2.45, 2.75) is 31.1 Å². The van der Waals surface area contributed by atoms with Gasteiger partial charge < -0.3 is 5.32 Å². The minimum atomic E-state index is -4.40. The fourth-order valence-corrected chi connectivity index (χ4v) is 3.35. The van der Waals surface area contributed by atoms with Crippen LogP contribution in [0, 0.1) is 0 Å². The molecule has 1 aromatic heterocycles. The lowest BCUT2D eigenvalue weighted by molar-refractivity contribution is -0.137. The first-order valence-corrected chi connectivity index (χ1v) is 8.53. The van der Waals surface area contributed by atoms with Gasteiger partial charge in [-0.1, -0.05) is 12.1 Å². The van der Waals surface area contributed by atoms with Crippen molar-refractivity contribution in [2.24, 2.45) is 0 Å². The molecule has 4 nitrogen and oxygen atoms in total. The van der Waals surface area contributed by atoms with Crippen molar-refractivity contribution >= 4 is 29.7 Å². The van der Waals surface area contributed by atoms with Gasteiger partial charge >= 0.3 is 6.18 Å². The predicted octanol–water partition coefficient (Wildman–Crippen LogP) is 3.86. The molecule has 1 aromatic carbocycles. The Balaban J connectivity index is 0.00000261. The topological polar surface area (TPSA) is 54.0 Å². The first-order chi connectivity index (χ1) is 12.1. The van der Waals surface area contributed by atoms with Crippen LogP contribution in [0.1, 0.15) is 17.7 Å². The zero-order valence-corrected chi connectivity index (χ0v) is 15.3. The smallest absolute Gasteiger partial charge is 0.349 e. The molecular formula is C16H15ClF5N3OS. The molecule has 2 aromatic rings. The number of alkyl halides is 5. The number of halogens is 6. The highest BCUT2D eigenvalue weighted by Crippen LogP contribution is 2.31. The minimum absolute atomic E-state index is 0. The Labute approximate surface area is 161 Å². The molecule has 1 fully saturated rings. The van der Waals surface area contributed by atoms with Crippen molar-refractivity contribution in [1.29, 1.82) is 0 Å². The van der Waals surface area contributed by atoms with Crippen molar-refractivity contribution in [3.8, 4) is 10.6 Å². The van der Waals surface area contributed by atoms with Crippen molar-refractivity contribution in [3.05, 3.63) is 40.9 Å². The zero-order valence-electron chi connectivity index (χ0n) is 13.6. The van der Waals surface area contributed by atoms with Crippen LogP contribution in [0.3, 0.4) is 0 Å². The number of carbonyl (C=O) groups excluding carboxylic acids is 1. The van der Waals surface area contributed by atoms with Gasteiger partial charge in [0.15, 0.2) is 0 Å². The van der Waals surface area contributed by atoms with Crippen LogP contribution in [0.5, 0.6) is 0 Å². The van der Waals surface area contributed by atoms with E-state index in [-0.39, 0.29) is 19.0 Å². The summed E-state index contributed by atoms with van der Waals surface area (Å²) in [4.78, 5) is 16.1. The zero-order chi connectivity index (χ0) is 18.9. The highest BCUT2D eigenvalue weighted by atomic mass is 35.5. The molecule has 1 atom stereocenters. The molecule has 0 aliphatic carbocycles. The Morgan fingerprint density at radius 3 is 2.52 bits per heavy atom. The molecule has 0 spiro atoms. The third-order valence-corrected chi connectivity index (χ3v) is 4.82. The van der Waals surface area contributed by atoms with Gasteiger partial charge in [0.05, 0.1) is 30.4 Å². The molecule has 0 bridgehead atoms. The van der Waals surface area contributed by atoms with Crippen molar-refractivity contribution in [2.75, 3.05) is 6.54 Å². The number of benzene rings is 1. The summed E-state index contributed by atoms with van der Waals surface area (Å²) in [6.45, 7) is -0.473. The van der Waals surface area contributed by atoms with Gasteiger partial charge in [-0.15, -0.1) is 23.7 Å². The molecule has 1 aliphatic heterocycles. The summed E-state index contributed by atoms with van der Waals surface area (Å²) < 4.78 is 63.9. The van der Waals surface area contributed by atoms with E-state index in [0.29, 0.717) is 16.3 Å². The maximum atomic E-state index is 13.1. The van der Waals surface area contributed by atoms with Crippen molar-refractivity contribution in [1.82, 2.24) is 15.6 Å². The monoisotopic (exact) mass is 427 g/mol. The minimum Gasteiger partial charge on any atom is -0.349 e. The Bertz CT molecular complexity index is 794. The summed E-state index contributed by atoms with van der Waals surface area (Å²) in [5.41, 5.74) is 0.284. The van der Waals surface area contributed by atoms with Crippen LogP contribution in [-0.4, -0.2) is 29.4 Å². The maximum absolute atomic E-state index is 13.1. The average molecular weight is 428 g/mol. The molecule has 1 unspecified atom stereocenters. The van der Waals surface area contributed by atoms with Gasteiger partial charge in [-0.05, 0) is 12.1 Å². The number of thiazole rings is 1. The largest absolute Gasteiger partial charge is 0.416 e. The molecule has 0 saturated carbocycles. The van der Waals surface area contributed by atoms with E-state index in [1.807, 2.05) is 0 Å². The number of amides is 1. The first kappa shape index (κ1) is 21.5. The van der Waals surface area contributed by atoms with Gasteiger partial charge in [0, 0.05) is 17.4 Å². The molecular weight excluding hydrogens is 413 g/mol. The number of hydrogen-bond acceptors (Lipinski definition) is 4. The van der Waals surface area contributed by atoms with Crippen LogP contribution in [0.4, 0.5) is 22.0 Å². The quantitative estimate of drug-likeness (QED) is 0.728. The summed E-state index contributed by atoms with van der Waals surface area (Å²) in [5.74, 6) is -3.43. The van der Waals surface area contributed by atoms with Gasteiger partial charge in [-0.3, -0.25) is 10.1 Å².